The summed E-state index contributed by atoms with van der Waals surface area (Å²) in [5.41, 5.74) is 4.62. The van der Waals surface area contributed by atoms with Crippen molar-refractivity contribution in [3.8, 4) is 11.4 Å². The Hall–Kier alpha value is -4.91. The zero-order valence-corrected chi connectivity index (χ0v) is 20.8. The van der Waals surface area contributed by atoms with Gasteiger partial charge in [-0.05, 0) is 30.3 Å². The number of imidazole rings is 1. The lowest BCUT2D eigenvalue weighted by Crippen LogP contribution is -2.24. The van der Waals surface area contributed by atoms with Crippen molar-refractivity contribution in [3.63, 3.8) is 0 Å². The quantitative estimate of drug-likeness (QED) is 0.290. The molecule has 0 aliphatic rings. The van der Waals surface area contributed by atoms with Crippen molar-refractivity contribution >= 4 is 40.2 Å². The van der Waals surface area contributed by atoms with Crippen LogP contribution < -0.4 is 21.3 Å². The Morgan fingerprint density at radius 1 is 1.15 bits per heavy atom. The predicted octanol–water partition coefficient (Wildman–Crippen LogP) is 4.66. The first-order chi connectivity index (χ1) is 18.7. The van der Waals surface area contributed by atoms with Crippen LogP contribution in [0.4, 0.5) is 24.8 Å². The molecule has 5 aromatic heterocycles. The van der Waals surface area contributed by atoms with Gasteiger partial charge in [0.2, 0.25) is 5.95 Å². The van der Waals surface area contributed by atoms with Gasteiger partial charge in [-0.2, -0.15) is 18.2 Å². The molecule has 0 aromatic carbocycles. The molecule has 0 aliphatic carbocycles. The molecule has 0 amide bonds. The molecule has 5 rings (SSSR count). The molecule has 0 atom stereocenters. The van der Waals surface area contributed by atoms with E-state index >= 15 is 0 Å². The van der Waals surface area contributed by atoms with E-state index in [9.17, 15) is 18.0 Å². The van der Waals surface area contributed by atoms with Gasteiger partial charge in [0.05, 0.1) is 23.6 Å². The molecule has 198 valence electrons. The van der Waals surface area contributed by atoms with Gasteiger partial charge in [0.25, 0.3) is 5.56 Å². The van der Waals surface area contributed by atoms with Gasteiger partial charge in [0.1, 0.15) is 21.9 Å². The lowest BCUT2D eigenvalue weighted by molar-refractivity contribution is -0.137. The molecule has 0 saturated heterocycles. The van der Waals surface area contributed by atoms with Crippen LogP contribution in [0.3, 0.4) is 0 Å². The minimum atomic E-state index is -4.72. The molecule has 5 heterocycles. The number of ether oxygens (including phenoxy) is 1. The first kappa shape index (κ1) is 25.7. The SMILES string of the molecule is Cn1c(Nc2cc(C(F)(F)F)cn(-c3cccnc3)c2=O)nc2ncc(OC(=CN)c3ccccn3)c(Cl)c21. The van der Waals surface area contributed by atoms with Crippen molar-refractivity contribution in [2.24, 2.45) is 12.8 Å². The van der Waals surface area contributed by atoms with Gasteiger partial charge in [0.15, 0.2) is 17.2 Å². The summed E-state index contributed by atoms with van der Waals surface area (Å²) in [6.07, 6.45) is 2.83. The van der Waals surface area contributed by atoms with E-state index in [0.717, 1.165) is 4.57 Å². The minimum Gasteiger partial charge on any atom is -0.450 e. The molecule has 0 bridgehead atoms. The topological polar surface area (TPSA) is 126 Å². The van der Waals surface area contributed by atoms with E-state index < -0.39 is 17.3 Å². The third-order valence-electron chi connectivity index (χ3n) is 5.61. The molecule has 0 radical (unpaired) electrons. The largest absolute Gasteiger partial charge is 0.450 e. The van der Waals surface area contributed by atoms with Crippen LogP contribution in [0.25, 0.3) is 22.6 Å². The van der Waals surface area contributed by atoms with E-state index in [1.165, 1.54) is 41.5 Å². The molecule has 0 fully saturated rings. The number of fused-ring (bicyclic) bond motifs is 1. The Balaban J connectivity index is 1.56. The Bertz CT molecular complexity index is 1750. The standard InChI is InChI=1S/C25H18ClF3N8O2/c1-36-21-20(26)19(39-18(10-30)16-6-2-3-8-32-16)12-33-22(21)35-24(36)34-17-9-14(25(27,28)29)13-37(23(17)38)15-5-4-7-31-11-15/h2-13H,30H2,1H3,(H,33,34,35). The summed E-state index contributed by atoms with van der Waals surface area (Å²) < 4.78 is 49.2. The van der Waals surface area contributed by atoms with Crippen molar-refractivity contribution in [3.05, 3.63) is 100 Å². The summed E-state index contributed by atoms with van der Waals surface area (Å²) in [5, 5.41) is 2.80. The highest BCUT2D eigenvalue weighted by molar-refractivity contribution is 6.36. The van der Waals surface area contributed by atoms with E-state index in [1.54, 1.807) is 31.4 Å². The minimum absolute atomic E-state index is 0.0185. The fraction of sp³-hybridized carbons (Fsp3) is 0.0800. The Morgan fingerprint density at radius 3 is 2.64 bits per heavy atom. The molecule has 0 unspecified atom stereocenters. The van der Waals surface area contributed by atoms with Gasteiger partial charge < -0.3 is 20.4 Å². The summed E-state index contributed by atoms with van der Waals surface area (Å²) in [6, 6.07) is 8.87. The lowest BCUT2D eigenvalue weighted by Gasteiger charge is -2.14. The molecule has 10 nitrogen and oxygen atoms in total. The number of nitrogens with one attached hydrogen (secondary N) is 1. The highest BCUT2D eigenvalue weighted by Crippen LogP contribution is 2.35. The zero-order chi connectivity index (χ0) is 27.7. The van der Waals surface area contributed by atoms with Gasteiger partial charge in [-0.15, -0.1) is 0 Å². The van der Waals surface area contributed by atoms with Gasteiger partial charge >= 0.3 is 6.18 Å². The second-order valence-electron chi connectivity index (χ2n) is 8.10. The van der Waals surface area contributed by atoms with Crippen LogP contribution in [0.1, 0.15) is 11.3 Å². The van der Waals surface area contributed by atoms with E-state index in [2.05, 4.69) is 25.3 Å². The third kappa shape index (κ3) is 4.99. The van der Waals surface area contributed by atoms with Gasteiger partial charge in [0, 0.05) is 31.8 Å². The van der Waals surface area contributed by atoms with Crippen LogP contribution in [0.2, 0.25) is 5.02 Å². The average molecular weight is 555 g/mol. The second kappa shape index (κ2) is 10.1. The molecule has 3 N–H and O–H groups in total. The number of halogens is 4. The van der Waals surface area contributed by atoms with E-state index in [4.69, 9.17) is 22.1 Å². The van der Waals surface area contributed by atoms with Crippen LogP contribution in [0.15, 0.2) is 78.4 Å². The summed E-state index contributed by atoms with van der Waals surface area (Å²) in [6.45, 7) is 0. The van der Waals surface area contributed by atoms with Gasteiger partial charge in [-0.1, -0.05) is 17.7 Å². The number of rotatable bonds is 6. The number of anilines is 2. The van der Waals surface area contributed by atoms with Crippen molar-refractivity contribution < 1.29 is 17.9 Å². The first-order valence-electron chi connectivity index (χ1n) is 11.2. The fourth-order valence-electron chi connectivity index (χ4n) is 3.73. The molecule has 0 saturated carbocycles. The van der Waals surface area contributed by atoms with Crippen LogP contribution in [0.5, 0.6) is 5.75 Å². The van der Waals surface area contributed by atoms with E-state index in [0.29, 0.717) is 23.5 Å². The number of aromatic nitrogens is 6. The number of hydrogen-bond acceptors (Lipinski definition) is 8. The fourth-order valence-corrected chi connectivity index (χ4v) is 4.03. The molecule has 39 heavy (non-hydrogen) atoms. The molecular formula is C25H18ClF3N8O2. The number of pyridine rings is 4. The second-order valence-corrected chi connectivity index (χ2v) is 8.48. The maximum atomic E-state index is 13.7. The van der Waals surface area contributed by atoms with Gasteiger partial charge in [-0.25, -0.2) is 4.98 Å². The first-order valence-corrected chi connectivity index (χ1v) is 11.6. The highest BCUT2D eigenvalue weighted by Gasteiger charge is 2.33. The number of nitrogens with two attached hydrogens (primary N) is 1. The monoisotopic (exact) mass is 554 g/mol. The van der Waals surface area contributed by atoms with Crippen LogP contribution in [-0.2, 0) is 13.2 Å². The smallest absolute Gasteiger partial charge is 0.417 e. The normalized spacial score (nSPS) is 12.1. The summed E-state index contributed by atoms with van der Waals surface area (Å²) in [5.74, 6) is 0.378. The van der Waals surface area contributed by atoms with Crippen LogP contribution in [-0.4, -0.2) is 29.1 Å². The number of alkyl halides is 3. The molecule has 14 heteroatoms. The molecule has 5 aromatic rings. The summed E-state index contributed by atoms with van der Waals surface area (Å²) in [7, 11) is 1.56. The Morgan fingerprint density at radius 2 is 1.97 bits per heavy atom. The van der Waals surface area contributed by atoms with Crippen LogP contribution in [0, 0.1) is 0 Å². The van der Waals surface area contributed by atoms with E-state index in [1.807, 2.05) is 0 Å². The number of aryl methyl sites for hydroxylation is 1. The van der Waals surface area contributed by atoms with Crippen molar-refractivity contribution in [1.82, 2.24) is 29.1 Å². The summed E-state index contributed by atoms with van der Waals surface area (Å²) >= 11 is 6.61. The van der Waals surface area contributed by atoms with Gasteiger partial charge in [-0.3, -0.25) is 19.3 Å². The molecular weight excluding hydrogens is 537 g/mol. The highest BCUT2D eigenvalue weighted by atomic mass is 35.5. The third-order valence-corrected chi connectivity index (χ3v) is 5.97. The molecule has 0 spiro atoms. The Labute approximate surface area is 223 Å². The number of hydrogen-bond donors (Lipinski definition) is 2. The maximum absolute atomic E-state index is 13.7. The van der Waals surface area contributed by atoms with Crippen molar-refractivity contribution in [1.29, 1.82) is 0 Å². The maximum Gasteiger partial charge on any atom is 0.417 e. The summed E-state index contributed by atoms with van der Waals surface area (Å²) in [4.78, 5) is 29.8. The van der Waals surface area contributed by atoms with Crippen molar-refractivity contribution in [2.75, 3.05) is 5.32 Å². The zero-order valence-electron chi connectivity index (χ0n) is 20.0. The Kier molecular flexibility index (Phi) is 6.66. The predicted molar refractivity (Wildman–Crippen MR) is 139 cm³/mol. The van der Waals surface area contributed by atoms with E-state index in [-0.39, 0.29) is 39.5 Å². The van der Waals surface area contributed by atoms with Crippen molar-refractivity contribution in [2.45, 2.75) is 6.18 Å². The van der Waals surface area contributed by atoms with Crippen LogP contribution >= 0.6 is 11.6 Å². The number of nitrogens with zero attached hydrogens (tertiary/aromatic N) is 6. The molecule has 0 aliphatic heterocycles. The average Bonchev–Trinajstić information content (AvgIpc) is 3.25. The lowest BCUT2D eigenvalue weighted by atomic mass is 10.2.